The lowest BCUT2D eigenvalue weighted by atomic mass is 9.82. The molecule has 0 unspecified atom stereocenters. The molecule has 5 nitrogen and oxygen atoms in total. The molecule has 1 aliphatic carbocycles. The predicted octanol–water partition coefficient (Wildman–Crippen LogP) is 4.50. The summed E-state index contributed by atoms with van der Waals surface area (Å²) in [6, 6.07) is 11.4. The average molecular weight is 483 g/mol. The molecule has 1 aliphatic heterocycles. The molecule has 2 aromatic carbocycles. The summed E-state index contributed by atoms with van der Waals surface area (Å²) in [4.78, 5) is 2.23. The number of fused-ring (bicyclic) bond motifs is 2. The highest BCUT2D eigenvalue weighted by atomic mass is 32.2. The minimum absolute atomic E-state index is 0.154. The van der Waals surface area contributed by atoms with Crippen LogP contribution < -0.4 is 9.04 Å². The van der Waals surface area contributed by atoms with Gasteiger partial charge in [0.1, 0.15) is 5.75 Å². The molecule has 9 heteroatoms. The Kier molecular flexibility index (Phi) is 6.64. The molecule has 2 aromatic rings. The Morgan fingerprint density at radius 1 is 1.18 bits per heavy atom. The molecular weight excluding hydrogens is 453 g/mol. The number of hydrogen-bond donors (Lipinski definition) is 0. The first-order valence-electron chi connectivity index (χ1n) is 11.2. The lowest BCUT2D eigenvalue weighted by molar-refractivity contribution is -0.0437. The molecule has 0 spiro atoms. The number of nitrogens with zero attached hydrogens (tertiary/aromatic N) is 2. The lowest BCUT2D eigenvalue weighted by Gasteiger charge is -2.30. The molecule has 1 atom stereocenters. The van der Waals surface area contributed by atoms with E-state index in [2.05, 4.69) is 11.0 Å². The van der Waals surface area contributed by atoms with E-state index in [1.807, 2.05) is 25.2 Å². The number of ether oxygens (including phenoxy) is 1. The molecule has 0 bridgehead atoms. The van der Waals surface area contributed by atoms with Crippen molar-refractivity contribution in [2.24, 2.45) is 0 Å². The minimum atomic E-state index is -5.38. The number of methoxy groups -OCH3 is 1. The van der Waals surface area contributed by atoms with Gasteiger partial charge in [-0.3, -0.25) is 4.31 Å². The summed E-state index contributed by atoms with van der Waals surface area (Å²) in [5.74, 6) is 1.35. The maximum absolute atomic E-state index is 13.1. The second-order valence-corrected chi connectivity index (χ2v) is 10.7. The van der Waals surface area contributed by atoms with E-state index in [1.54, 1.807) is 19.2 Å². The fraction of sp³-hybridized carbons (Fsp3) is 0.500. The largest absolute Gasteiger partial charge is 0.516 e. The molecule has 0 aromatic heterocycles. The first-order chi connectivity index (χ1) is 15.6. The Morgan fingerprint density at radius 2 is 1.97 bits per heavy atom. The Balaban J connectivity index is 1.43. The zero-order valence-electron chi connectivity index (χ0n) is 18.9. The summed E-state index contributed by atoms with van der Waals surface area (Å²) < 4.78 is 69.1. The number of rotatable bonds is 7. The quantitative estimate of drug-likeness (QED) is 0.583. The van der Waals surface area contributed by atoms with Gasteiger partial charge in [-0.25, -0.2) is 0 Å². The number of alkyl halides is 3. The monoisotopic (exact) mass is 482 g/mol. The highest BCUT2D eigenvalue weighted by Gasteiger charge is 2.51. The van der Waals surface area contributed by atoms with E-state index in [0.29, 0.717) is 22.2 Å². The summed E-state index contributed by atoms with van der Waals surface area (Å²) in [7, 11) is -1.64. The maximum Gasteiger partial charge on any atom is 0.516 e. The molecule has 0 fully saturated rings. The topological polar surface area (TPSA) is 49.9 Å². The van der Waals surface area contributed by atoms with E-state index < -0.39 is 15.5 Å². The zero-order valence-corrected chi connectivity index (χ0v) is 19.7. The number of likely N-dealkylation sites (N-methyl/N-ethyl adjacent to an activating group) is 1. The second-order valence-electron chi connectivity index (χ2n) is 8.87. The molecule has 0 N–H and O–H groups in total. The van der Waals surface area contributed by atoms with Gasteiger partial charge in [0, 0.05) is 19.6 Å². The number of halogens is 3. The van der Waals surface area contributed by atoms with Crippen molar-refractivity contribution in [2.45, 2.75) is 43.5 Å². The Bertz CT molecular complexity index is 1120. The zero-order chi connectivity index (χ0) is 23.8. The van der Waals surface area contributed by atoms with E-state index in [-0.39, 0.29) is 18.7 Å². The predicted molar refractivity (Wildman–Crippen MR) is 122 cm³/mol. The van der Waals surface area contributed by atoms with Gasteiger partial charge in [0.25, 0.3) is 0 Å². The Labute approximate surface area is 193 Å². The maximum atomic E-state index is 13.1. The second kappa shape index (κ2) is 9.18. The van der Waals surface area contributed by atoms with E-state index in [4.69, 9.17) is 4.74 Å². The van der Waals surface area contributed by atoms with Gasteiger partial charge in [-0.1, -0.05) is 24.3 Å². The number of sulfonamides is 1. The van der Waals surface area contributed by atoms with Crippen LogP contribution in [-0.4, -0.2) is 52.6 Å². The Hall–Kier alpha value is -2.26. The van der Waals surface area contributed by atoms with Crippen LogP contribution in [0.3, 0.4) is 0 Å². The van der Waals surface area contributed by atoms with Crippen molar-refractivity contribution in [1.29, 1.82) is 0 Å². The van der Waals surface area contributed by atoms with Crippen LogP contribution in [0, 0.1) is 0 Å². The standard InChI is InChI=1S/C24H29F3N2O3S/c1-28(16-19-5-3-7-21-20(19)6-4-8-23(21)32-2)13-11-17-9-10-18-12-14-29(22(18)15-17)33(30,31)24(25,26)27/h4,6,8-10,15,19H,3,5,7,11-14,16H2,1-2H3/t19-/m0/s1. The normalized spacial score (nSPS) is 18.4. The van der Waals surface area contributed by atoms with Crippen LogP contribution in [0.5, 0.6) is 5.75 Å². The van der Waals surface area contributed by atoms with Crippen LogP contribution in [0.25, 0.3) is 0 Å². The summed E-state index contributed by atoms with van der Waals surface area (Å²) in [5.41, 5.74) is -1.07. The summed E-state index contributed by atoms with van der Waals surface area (Å²) in [6.07, 6.45) is 4.15. The molecule has 0 saturated heterocycles. The summed E-state index contributed by atoms with van der Waals surface area (Å²) >= 11 is 0. The van der Waals surface area contributed by atoms with E-state index in [1.165, 1.54) is 11.1 Å². The van der Waals surface area contributed by atoms with Crippen LogP contribution in [0.15, 0.2) is 36.4 Å². The minimum Gasteiger partial charge on any atom is -0.496 e. The SMILES string of the molecule is COc1cccc2c1CCC[C@H]2CN(C)CCc1ccc2c(c1)N(S(=O)(=O)C(F)(F)F)CC2. The molecule has 180 valence electrons. The summed E-state index contributed by atoms with van der Waals surface area (Å²) in [6.45, 7) is 1.42. The van der Waals surface area contributed by atoms with Crippen LogP contribution in [0.2, 0.25) is 0 Å². The highest BCUT2D eigenvalue weighted by molar-refractivity contribution is 7.93. The van der Waals surface area contributed by atoms with Gasteiger partial charge in [0.15, 0.2) is 0 Å². The number of anilines is 1. The van der Waals surface area contributed by atoms with Crippen molar-refractivity contribution in [3.8, 4) is 5.75 Å². The molecule has 1 heterocycles. The molecular formula is C24H29F3N2O3S. The van der Waals surface area contributed by atoms with Crippen molar-refractivity contribution in [1.82, 2.24) is 4.90 Å². The van der Waals surface area contributed by atoms with E-state index in [0.717, 1.165) is 43.7 Å². The average Bonchev–Trinajstić information content (AvgIpc) is 3.21. The van der Waals surface area contributed by atoms with Gasteiger partial charge in [0.2, 0.25) is 0 Å². The van der Waals surface area contributed by atoms with Gasteiger partial charge < -0.3 is 9.64 Å². The number of benzene rings is 2. The van der Waals surface area contributed by atoms with Crippen LogP contribution in [-0.2, 0) is 29.3 Å². The van der Waals surface area contributed by atoms with Crippen molar-refractivity contribution in [3.05, 3.63) is 58.7 Å². The van der Waals surface area contributed by atoms with Gasteiger partial charge in [0.05, 0.1) is 12.8 Å². The summed E-state index contributed by atoms with van der Waals surface area (Å²) in [5, 5.41) is 0. The fourth-order valence-corrected chi connectivity index (χ4v) is 6.02. The molecule has 33 heavy (non-hydrogen) atoms. The van der Waals surface area contributed by atoms with E-state index in [9.17, 15) is 21.6 Å². The van der Waals surface area contributed by atoms with Crippen LogP contribution in [0.1, 0.15) is 41.0 Å². The van der Waals surface area contributed by atoms with Gasteiger partial charge in [-0.2, -0.15) is 21.6 Å². The van der Waals surface area contributed by atoms with Crippen molar-refractivity contribution in [3.63, 3.8) is 0 Å². The smallest absolute Gasteiger partial charge is 0.496 e. The van der Waals surface area contributed by atoms with E-state index >= 15 is 0 Å². The molecule has 2 aliphatic rings. The molecule has 4 rings (SSSR count). The molecule has 0 saturated carbocycles. The van der Waals surface area contributed by atoms with Crippen molar-refractivity contribution >= 4 is 15.7 Å². The molecule has 0 radical (unpaired) electrons. The van der Waals surface area contributed by atoms with Crippen molar-refractivity contribution < 1.29 is 26.3 Å². The third-order valence-corrected chi connectivity index (χ3v) is 8.25. The van der Waals surface area contributed by atoms with Gasteiger partial charge in [-0.15, -0.1) is 0 Å². The van der Waals surface area contributed by atoms with Crippen LogP contribution >= 0.6 is 0 Å². The lowest BCUT2D eigenvalue weighted by Crippen LogP contribution is -2.39. The third kappa shape index (κ3) is 4.71. The molecule has 0 amide bonds. The first-order valence-corrected chi connectivity index (χ1v) is 12.6. The third-order valence-electron chi connectivity index (χ3n) is 6.71. The first kappa shape index (κ1) is 23.9. The Morgan fingerprint density at radius 3 is 2.70 bits per heavy atom. The van der Waals surface area contributed by atoms with Gasteiger partial charge in [-0.05, 0) is 79.5 Å². The van der Waals surface area contributed by atoms with Crippen LogP contribution in [0.4, 0.5) is 18.9 Å². The van der Waals surface area contributed by atoms with Gasteiger partial charge >= 0.3 is 15.5 Å². The fourth-order valence-electron chi connectivity index (χ4n) is 5.01. The highest BCUT2D eigenvalue weighted by Crippen LogP contribution is 2.38. The number of hydrogen-bond acceptors (Lipinski definition) is 4. The van der Waals surface area contributed by atoms with Crippen molar-refractivity contribution in [2.75, 3.05) is 38.1 Å².